The molecule has 8 heteroatoms. The van der Waals surface area contributed by atoms with E-state index in [2.05, 4.69) is 10.3 Å². The van der Waals surface area contributed by atoms with E-state index in [1.54, 1.807) is 20.0 Å². The van der Waals surface area contributed by atoms with Crippen molar-refractivity contribution in [3.63, 3.8) is 0 Å². The molecule has 0 spiro atoms. The molecule has 0 atom stereocenters. The Balaban J connectivity index is 2.39. The molecule has 0 unspecified atom stereocenters. The number of carbonyl (C=O) groups excluding carboxylic acids is 1. The monoisotopic (exact) mass is 341 g/mol. The summed E-state index contributed by atoms with van der Waals surface area (Å²) >= 11 is 0. The van der Waals surface area contributed by atoms with Gasteiger partial charge in [-0.2, -0.15) is 13.2 Å². The molecule has 24 heavy (non-hydrogen) atoms. The fraction of sp³-hybridized carbons (Fsp3) is 0.375. The molecule has 5 nitrogen and oxygen atoms in total. The molecule has 2 aromatic rings. The smallest absolute Gasteiger partial charge is 0.416 e. The summed E-state index contributed by atoms with van der Waals surface area (Å²) in [6, 6.07) is 4.80. The number of carbonyl (C=O) groups is 1. The molecule has 1 N–H and O–H groups in total. The largest absolute Gasteiger partial charge is 0.447 e. The summed E-state index contributed by atoms with van der Waals surface area (Å²) in [5.41, 5.74) is 0.103. The number of benzene rings is 1. The quantitative estimate of drug-likeness (QED) is 0.896. The van der Waals surface area contributed by atoms with Gasteiger partial charge in [0.25, 0.3) is 0 Å². The third kappa shape index (κ3) is 4.27. The fourth-order valence-electron chi connectivity index (χ4n) is 2.05. The molecular weight excluding hydrogens is 323 g/mol. The van der Waals surface area contributed by atoms with Crippen LogP contribution in [0, 0.1) is 0 Å². The Hall–Kier alpha value is -2.51. The highest BCUT2D eigenvalue weighted by Gasteiger charge is 2.30. The van der Waals surface area contributed by atoms with Crippen molar-refractivity contribution < 1.29 is 22.7 Å². The van der Waals surface area contributed by atoms with Gasteiger partial charge in [0, 0.05) is 11.9 Å². The highest BCUT2D eigenvalue weighted by atomic mass is 19.4. The van der Waals surface area contributed by atoms with E-state index < -0.39 is 17.8 Å². The second kappa shape index (κ2) is 6.94. The molecule has 0 aliphatic rings. The maximum Gasteiger partial charge on any atom is 0.416 e. The minimum Gasteiger partial charge on any atom is -0.447 e. The van der Waals surface area contributed by atoms with Crippen LogP contribution in [0.5, 0.6) is 0 Å². The number of rotatable bonds is 4. The van der Waals surface area contributed by atoms with E-state index in [4.69, 9.17) is 4.74 Å². The minimum atomic E-state index is -4.45. The van der Waals surface area contributed by atoms with E-state index >= 15 is 0 Å². The number of aryl methyl sites for hydroxylation is 1. The molecule has 1 amide bonds. The minimum absolute atomic E-state index is 0.108. The maximum absolute atomic E-state index is 12.9. The van der Waals surface area contributed by atoms with Crippen LogP contribution in [0.4, 0.5) is 23.9 Å². The number of ether oxygens (including phenoxy) is 1. The highest BCUT2D eigenvalue weighted by molar-refractivity contribution is 5.83. The predicted molar refractivity (Wildman–Crippen MR) is 83.2 cm³/mol. The third-order valence-electron chi connectivity index (χ3n) is 3.13. The van der Waals surface area contributed by atoms with Gasteiger partial charge in [0.05, 0.1) is 17.4 Å². The van der Waals surface area contributed by atoms with Crippen molar-refractivity contribution in [1.82, 2.24) is 9.55 Å². The summed E-state index contributed by atoms with van der Waals surface area (Å²) in [5, 5.41) is 2.46. The zero-order chi connectivity index (χ0) is 17.9. The van der Waals surface area contributed by atoms with Crippen LogP contribution in [-0.2, 0) is 17.3 Å². The lowest BCUT2D eigenvalue weighted by Gasteiger charge is -2.13. The topological polar surface area (TPSA) is 56.2 Å². The summed E-state index contributed by atoms with van der Waals surface area (Å²) in [7, 11) is 0. The Morgan fingerprint density at radius 1 is 1.38 bits per heavy atom. The van der Waals surface area contributed by atoms with Crippen LogP contribution in [0.15, 0.2) is 30.5 Å². The lowest BCUT2D eigenvalue weighted by molar-refractivity contribution is -0.137. The van der Waals surface area contributed by atoms with Crippen molar-refractivity contribution in [3.05, 3.63) is 41.7 Å². The normalized spacial score (nSPS) is 11.6. The number of anilines is 1. The van der Waals surface area contributed by atoms with Crippen molar-refractivity contribution in [2.24, 2.45) is 0 Å². The molecule has 0 aliphatic carbocycles. The van der Waals surface area contributed by atoms with Crippen LogP contribution in [0.3, 0.4) is 0 Å². The molecule has 0 radical (unpaired) electrons. The van der Waals surface area contributed by atoms with E-state index in [9.17, 15) is 18.0 Å². The molecule has 1 aromatic carbocycles. The molecular formula is C16H18F3N3O2. The van der Waals surface area contributed by atoms with Gasteiger partial charge < -0.3 is 4.74 Å². The van der Waals surface area contributed by atoms with Gasteiger partial charge in [-0.25, -0.2) is 9.78 Å². The van der Waals surface area contributed by atoms with Crippen molar-refractivity contribution in [1.29, 1.82) is 0 Å². The Bertz CT molecular complexity index is 724. The van der Waals surface area contributed by atoms with Crippen molar-refractivity contribution in [3.8, 4) is 5.69 Å². The summed E-state index contributed by atoms with van der Waals surface area (Å²) in [6.45, 7) is 5.24. The average Bonchev–Trinajstić information content (AvgIpc) is 2.88. The lowest BCUT2D eigenvalue weighted by atomic mass is 10.2. The van der Waals surface area contributed by atoms with E-state index in [1.807, 2.05) is 6.92 Å². The van der Waals surface area contributed by atoms with Crippen LogP contribution in [0.25, 0.3) is 5.69 Å². The number of hydrogen-bond donors (Lipinski definition) is 1. The standard InChI is InChI=1S/C16H18F3N3O2/c1-4-12-9-22(14(20-12)21-15(23)24-10(2)3)13-7-5-6-11(8-13)16(17,18)19/h5-10H,4H2,1-3H3,(H,20,21,23). The second-order valence-electron chi connectivity index (χ2n) is 5.41. The van der Waals surface area contributed by atoms with Crippen LogP contribution in [-0.4, -0.2) is 21.7 Å². The number of imidazole rings is 1. The van der Waals surface area contributed by atoms with Gasteiger partial charge in [-0.05, 0) is 38.5 Å². The SMILES string of the molecule is CCc1cn(-c2cccc(C(F)(F)F)c2)c(NC(=O)OC(C)C)n1. The van der Waals surface area contributed by atoms with Crippen molar-refractivity contribution >= 4 is 12.0 Å². The third-order valence-corrected chi connectivity index (χ3v) is 3.13. The molecule has 1 heterocycles. The first kappa shape index (κ1) is 17.8. The van der Waals surface area contributed by atoms with Crippen LogP contribution in [0.2, 0.25) is 0 Å². The number of hydrogen-bond acceptors (Lipinski definition) is 3. The van der Waals surface area contributed by atoms with Gasteiger partial charge in [-0.15, -0.1) is 0 Å². The molecule has 0 saturated carbocycles. The molecule has 0 saturated heterocycles. The molecule has 130 valence electrons. The number of aromatic nitrogens is 2. The first-order chi connectivity index (χ1) is 11.2. The van der Waals surface area contributed by atoms with Crippen LogP contribution in [0.1, 0.15) is 32.0 Å². The number of alkyl halides is 3. The Morgan fingerprint density at radius 3 is 2.67 bits per heavy atom. The van der Waals surface area contributed by atoms with E-state index in [0.29, 0.717) is 12.1 Å². The summed E-state index contributed by atoms with van der Waals surface area (Å²) in [5.74, 6) is 0.108. The zero-order valence-corrected chi connectivity index (χ0v) is 13.5. The molecule has 0 aliphatic heterocycles. The van der Waals surface area contributed by atoms with Crippen LogP contribution < -0.4 is 5.32 Å². The molecule has 0 bridgehead atoms. The maximum atomic E-state index is 12.9. The number of amides is 1. The summed E-state index contributed by atoms with van der Waals surface area (Å²) < 4.78 is 45.1. The highest BCUT2D eigenvalue weighted by Crippen LogP contribution is 2.31. The van der Waals surface area contributed by atoms with Gasteiger partial charge >= 0.3 is 12.3 Å². The summed E-state index contributed by atoms with van der Waals surface area (Å²) in [6.07, 6.45) is -3.34. The van der Waals surface area contributed by atoms with E-state index in [1.165, 1.54) is 16.7 Å². The second-order valence-corrected chi connectivity index (χ2v) is 5.41. The van der Waals surface area contributed by atoms with E-state index in [0.717, 1.165) is 12.1 Å². The summed E-state index contributed by atoms with van der Waals surface area (Å²) in [4.78, 5) is 16.0. The number of nitrogens with one attached hydrogen (secondary N) is 1. The molecule has 1 aromatic heterocycles. The fourth-order valence-corrected chi connectivity index (χ4v) is 2.05. The number of halogens is 3. The molecule has 0 fully saturated rings. The Morgan fingerprint density at radius 2 is 2.08 bits per heavy atom. The lowest BCUT2D eigenvalue weighted by Crippen LogP contribution is -2.20. The average molecular weight is 341 g/mol. The zero-order valence-electron chi connectivity index (χ0n) is 13.5. The first-order valence-corrected chi connectivity index (χ1v) is 7.44. The van der Waals surface area contributed by atoms with Crippen molar-refractivity contribution in [2.45, 2.75) is 39.5 Å². The number of nitrogens with zero attached hydrogens (tertiary/aromatic N) is 2. The van der Waals surface area contributed by atoms with Gasteiger partial charge in [-0.1, -0.05) is 13.0 Å². The van der Waals surface area contributed by atoms with Gasteiger partial charge in [0.1, 0.15) is 0 Å². The van der Waals surface area contributed by atoms with Crippen LogP contribution >= 0.6 is 0 Å². The van der Waals surface area contributed by atoms with Gasteiger partial charge in [0.2, 0.25) is 5.95 Å². The first-order valence-electron chi connectivity index (χ1n) is 7.44. The molecule has 2 rings (SSSR count). The Kier molecular flexibility index (Phi) is 5.16. The van der Waals surface area contributed by atoms with Gasteiger partial charge in [0.15, 0.2) is 0 Å². The predicted octanol–water partition coefficient (Wildman–Crippen LogP) is 4.41. The van der Waals surface area contributed by atoms with Gasteiger partial charge in [-0.3, -0.25) is 9.88 Å². The van der Waals surface area contributed by atoms with E-state index in [-0.39, 0.29) is 17.7 Å². The Labute approximate surface area is 137 Å². The van der Waals surface area contributed by atoms with Crippen molar-refractivity contribution in [2.75, 3.05) is 5.32 Å².